The van der Waals surface area contributed by atoms with Gasteiger partial charge in [0.05, 0.1) is 17.8 Å². The molecule has 0 spiro atoms. The summed E-state index contributed by atoms with van der Waals surface area (Å²) in [5, 5.41) is 21.1. The molecule has 3 aromatic rings. The van der Waals surface area contributed by atoms with Gasteiger partial charge in [0.25, 0.3) is 5.91 Å². The molecule has 0 aromatic carbocycles. The number of aliphatic hydroxyl groups excluding tert-OH is 1. The van der Waals surface area contributed by atoms with Crippen LogP contribution in [0.2, 0.25) is 0 Å². The van der Waals surface area contributed by atoms with Crippen molar-refractivity contribution in [2.45, 2.75) is 20.0 Å². The number of aromatic nitrogens is 2. The maximum absolute atomic E-state index is 12.3. The first-order valence-corrected chi connectivity index (χ1v) is 8.50. The van der Waals surface area contributed by atoms with Crippen molar-refractivity contribution in [1.82, 2.24) is 15.1 Å². The summed E-state index contributed by atoms with van der Waals surface area (Å²) in [6.45, 7) is 3.70. The molecule has 0 aliphatic carbocycles. The second-order valence-corrected chi connectivity index (χ2v) is 6.39. The normalized spacial score (nSPS) is 12.3. The van der Waals surface area contributed by atoms with Gasteiger partial charge in [-0.2, -0.15) is 16.4 Å². The van der Waals surface area contributed by atoms with Crippen LogP contribution >= 0.6 is 11.3 Å². The number of furan rings is 1. The zero-order chi connectivity index (χ0) is 17.3. The molecule has 0 radical (unpaired) electrons. The lowest BCUT2D eigenvalue weighted by Crippen LogP contribution is -2.29. The number of hydrogen-bond donors (Lipinski definition) is 2. The van der Waals surface area contributed by atoms with Gasteiger partial charge in [0.2, 0.25) is 0 Å². The molecule has 3 aromatic heterocycles. The van der Waals surface area contributed by atoms with Gasteiger partial charge < -0.3 is 14.8 Å². The van der Waals surface area contributed by atoms with Crippen molar-refractivity contribution < 1.29 is 14.3 Å². The van der Waals surface area contributed by atoms with Gasteiger partial charge in [-0.25, -0.2) is 0 Å². The molecule has 24 heavy (non-hydrogen) atoms. The predicted molar refractivity (Wildman–Crippen MR) is 92.0 cm³/mol. The first-order valence-electron chi connectivity index (χ1n) is 7.56. The number of nitrogens with zero attached hydrogens (tertiary/aromatic N) is 2. The smallest absolute Gasteiger partial charge is 0.255 e. The molecule has 126 valence electrons. The third-order valence-electron chi connectivity index (χ3n) is 3.95. The fourth-order valence-corrected chi connectivity index (χ4v) is 3.22. The lowest BCUT2D eigenvalue weighted by molar-refractivity contribution is 0.0900. The summed E-state index contributed by atoms with van der Waals surface area (Å²) in [6.07, 6.45) is -0.904. The second-order valence-electron chi connectivity index (χ2n) is 5.61. The average Bonchev–Trinajstić information content (AvgIpc) is 3.26. The van der Waals surface area contributed by atoms with Crippen LogP contribution in [0.3, 0.4) is 0 Å². The lowest BCUT2D eigenvalue weighted by atomic mass is 10.2. The van der Waals surface area contributed by atoms with E-state index in [2.05, 4.69) is 10.4 Å². The van der Waals surface area contributed by atoms with E-state index in [1.54, 1.807) is 36.1 Å². The van der Waals surface area contributed by atoms with E-state index in [9.17, 15) is 9.90 Å². The molecule has 1 unspecified atom stereocenters. The summed E-state index contributed by atoms with van der Waals surface area (Å²) >= 11 is 1.58. The Morgan fingerprint density at radius 2 is 2.21 bits per heavy atom. The Morgan fingerprint density at radius 3 is 2.83 bits per heavy atom. The monoisotopic (exact) mass is 345 g/mol. The third kappa shape index (κ3) is 3.13. The topological polar surface area (TPSA) is 80.3 Å². The van der Waals surface area contributed by atoms with E-state index in [1.807, 2.05) is 29.8 Å². The number of carbonyl (C=O) groups is 1. The first-order chi connectivity index (χ1) is 11.5. The number of thiophene rings is 1. The Kier molecular flexibility index (Phi) is 4.55. The molecule has 7 heteroatoms. The molecular weight excluding hydrogens is 326 g/mol. The summed E-state index contributed by atoms with van der Waals surface area (Å²) in [5.41, 5.74) is 2.98. The SMILES string of the molecule is Cc1nn(C)c(C)c1C(=O)NCC(O)c1ccc(-c2ccsc2)o1. The molecule has 1 atom stereocenters. The van der Waals surface area contributed by atoms with Crippen LogP contribution in [0.5, 0.6) is 0 Å². The minimum absolute atomic E-state index is 0.0726. The van der Waals surface area contributed by atoms with Crippen molar-refractivity contribution in [3.63, 3.8) is 0 Å². The molecule has 3 heterocycles. The summed E-state index contributed by atoms with van der Waals surface area (Å²) in [5.74, 6) is 0.883. The van der Waals surface area contributed by atoms with Gasteiger partial charge in [-0.3, -0.25) is 9.48 Å². The minimum atomic E-state index is -0.904. The van der Waals surface area contributed by atoms with E-state index < -0.39 is 6.10 Å². The summed E-state index contributed by atoms with van der Waals surface area (Å²) < 4.78 is 7.34. The van der Waals surface area contributed by atoms with Crippen LogP contribution in [0.1, 0.15) is 33.6 Å². The quantitative estimate of drug-likeness (QED) is 0.745. The van der Waals surface area contributed by atoms with Gasteiger partial charge in [-0.15, -0.1) is 0 Å². The third-order valence-corrected chi connectivity index (χ3v) is 4.64. The highest BCUT2D eigenvalue weighted by molar-refractivity contribution is 7.08. The summed E-state index contributed by atoms with van der Waals surface area (Å²) in [7, 11) is 1.79. The van der Waals surface area contributed by atoms with E-state index >= 15 is 0 Å². The van der Waals surface area contributed by atoms with Gasteiger partial charge >= 0.3 is 0 Å². The van der Waals surface area contributed by atoms with Gasteiger partial charge in [0.15, 0.2) is 0 Å². The number of rotatable bonds is 5. The Hall–Kier alpha value is -2.38. The minimum Gasteiger partial charge on any atom is -0.458 e. The molecule has 0 saturated carbocycles. The van der Waals surface area contributed by atoms with Crippen molar-refractivity contribution in [2.75, 3.05) is 6.54 Å². The van der Waals surface area contributed by atoms with Crippen LogP contribution in [-0.2, 0) is 7.05 Å². The van der Waals surface area contributed by atoms with E-state index in [0.717, 1.165) is 11.3 Å². The fourth-order valence-electron chi connectivity index (χ4n) is 2.57. The van der Waals surface area contributed by atoms with Gasteiger partial charge in [0.1, 0.15) is 17.6 Å². The average molecular weight is 345 g/mol. The van der Waals surface area contributed by atoms with Crippen molar-refractivity contribution in [2.24, 2.45) is 7.05 Å². The molecule has 0 bridgehead atoms. The first kappa shape index (κ1) is 16.5. The highest BCUT2D eigenvalue weighted by Gasteiger charge is 2.19. The zero-order valence-corrected chi connectivity index (χ0v) is 14.6. The van der Waals surface area contributed by atoms with Crippen LogP contribution in [-0.4, -0.2) is 27.3 Å². The largest absolute Gasteiger partial charge is 0.458 e. The number of carbonyl (C=O) groups excluding carboxylic acids is 1. The predicted octanol–water partition coefficient (Wildman–Crippen LogP) is 2.82. The standard InChI is InChI=1S/C17H19N3O3S/c1-10-16(11(2)20(3)19-10)17(22)18-8-13(21)15-5-4-14(23-15)12-6-7-24-9-12/h4-7,9,13,21H,8H2,1-3H3,(H,18,22). The summed E-state index contributed by atoms with van der Waals surface area (Å²) in [6, 6.07) is 5.50. The maximum atomic E-state index is 12.3. The van der Waals surface area contributed by atoms with Crippen LogP contribution in [0.25, 0.3) is 11.3 Å². The van der Waals surface area contributed by atoms with Crippen LogP contribution < -0.4 is 5.32 Å². The summed E-state index contributed by atoms with van der Waals surface area (Å²) in [4.78, 5) is 12.3. The van der Waals surface area contributed by atoms with E-state index in [0.29, 0.717) is 22.8 Å². The van der Waals surface area contributed by atoms with Crippen molar-refractivity contribution in [3.05, 3.63) is 51.7 Å². The highest BCUT2D eigenvalue weighted by atomic mass is 32.1. The Balaban J connectivity index is 1.65. The number of nitrogens with one attached hydrogen (secondary N) is 1. The van der Waals surface area contributed by atoms with Crippen molar-refractivity contribution >= 4 is 17.2 Å². The molecule has 0 saturated heterocycles. The Labute approximate surface area is 143 Å². The number of amides is 1. The van der Waals surface area contributed by atoms with E-state index in [4.69, 9.17) is 4.42 Å². The van der Waals surface area contributed by atoms with Crippen LogP contribution in [0.4, 0.5) is 0 Å². The molecule has 1 amide bonds. The zero-order valence-electron chi connectivity index (χ0n) is 13.7. The molecule has 3 rings (SSSR count). The molecule has 6 nitrogen and oxygen atoms in total. The Morgan fingerprint density at radius 1 is 1.42 bits per heavy atom. The van der Waals surface area contributed by atoms with Crippen LogP contribution in [0.15, 0.2) is 33.4 Å². The number of aliphatic hydroxyl groups is 1. The number of aryl methyl sites for hydroxylation is 2. The molecule has 2 N–H and O–H groups in total. The van der Waals surface area contributed by atoms with E-state index in [-0.39, 0.29) is 12.5 Å². The molecule has 0 fully saturated rings. The van der Waals surface area contributed by atoms with Gasteiger partial charge in [0, 0.05) is 23.7 Å². The second kappa shape index (κ2) is 6.62. The van der Waals surface area contributed by atoms with Crippen molar-refractivity contribution in [1.29, 1.82) is 0 Å². The van der Waals surface area contributed by atoms with Gasteiger partial charge in [-0.1, -0.05) is 0 Å². The molecule has 0 aliphatic rings. The van der Waals surface area contributed by atoms with Crippen LogP contribution in [0, 0.1) is 13.8 Å². The van der Waals surface area contributed by atoms with Crippen molar-refractivity contribution in [3.8, 4) is 11.3 Å². The molecule has 0 aliphatic heterocycles. The highest BCUT2D eigenvalue weighted by Crippen LogP contribution is 2.26. The molecular formula is C17H19N3O3S. The van der Waals surface area contributed by atoms with Gasteiger partial charge in [-0.05, 0) is 37.4 Å². The Bertz CT molecular complexity index is 849. The lowest BCUT2D eigenvalue weighted by Gasteiger charge is -2.10. The fraction of sp³-hybridized carbons (Fsp3) is 0.294. The number of hydrogen-bond acceptors (Lipinski definition) is 5. The maximum Gasteiger partial charge on any atom is 0.255 e. The van der Waals surface area contributed by atoms with E-state index in [1.165, 1.54) is 0 Å².